The van der Waals surface area contributed by atoms with Gasteiger partial charge in [-0.3, -0.25) is 9.78 Å². The van der Waals surface area contributed by atoms with Crippen molar-refractivity contribution >= 4 is 29.3 Å². The molecule has 0 bridgehead atoms. The van der Waals surface area contributed by atoms with Crippen LogP contribution >= 0.6 is 11.6 Å². The molecule has 252 valence electrons. The number of halogens is 4. The molecule has 3 heterocycles. The smallest absolute Gasteiger partial charge is 0.407 e. The summed E-state index contributed by atoms with van der Waals surface area (Å²) < 4.78 is 53.6. The first-order valence-corrected chi connectivity index (χ1v) is 15.6. The van der Waals surface area contributed by atoms with Gasteiger partial charge in [-0.2, -0.15) is 0 Å². The quantitative estimate of drug-likeness (QED) is 0.155. The molecule has 1 fully saturated rings. The molecule has 0 unspecified atom stereocenters. The van der Waals surface area contributed by atoms with Gasteiger partial charge in [-0.05, 0) is 60.4 Å². The van der Waals surface area contributed by atoms with Gasteiger partial charge < -0.3 is 31.2 Å². The van der Waals surface area contributed by atoms with Gasteiger partial charge in [0.2, 0.25) is 5.91 Å². The van der Waals surface area contributed by atoms with Crippen LogP contribution in [0, 0.1) is 17.5 Å². The molecule has 0 spiro atoms. The van der Waals surface area contributed by atoms with Crippen molar-refractivity contribution in [1.29, 1.82) is 0 Å². The zero-order chi connectivity index (χ0) is 34.0. The van der Waals surface area contributed by atoms with Crippen molar-refractivity contribution in [3.05, 3.63) is 124 Å². The van der Waals surface area contributed by atoms with Crippen LogP contribution in [0.1, 0.15) is 34.7 Å². The van der Waals surface area contributed by atoms with Crippen molar-refractivity contribution in [2.45, 2.75) is 43.5 Å². The number of aromatic nitrogens is 2. The van der Waals surface area contributed by atoms with E-state index in [0.29, 0.717) is 34.9 Å². The van der Waals surface area contributed by atoms with E-state index in [0.717, 1.165) is 6.20 Å². The minimum Gasteiger partial charge on any atom is -0.448 e. The maximum absolute atomic E-state index is 15.0. The third-order valence-electron chi connectivity index (χ3n) is 7.87. The van der Waals surface area contributed by atoms with Gasteiger partial charge in [0.1, 0.15) is 29.2 Å². The summed E-state index contributed by atoms with van der Waals surface area (Å²) in [6.45, 7) is 0.935. The Morgan fingerprint density at radius 3 is 2.33 bits per heavy atom. The Balaban J connectivity index is 1.14. The predicted octanol–water partition coefficient (Wildman–Crippen LogP) is 4.86. The van der Waals surface area contributed by atoms with Gasteiger partial charge in [0.05, 0.1) is 55.1 Å². The number of morpholine rings is 1. The van der Waals surface area contributed by atoms with Crippen molar-refractivity contribution in [2.75, 3.05) is 25.1 Å². The van der Waals surface area contributed by atoms with Crippen LogP contribution in [0.3, 0.4) is 0 Å². The Morgan fingerprint density at radius 1 is 1.02 bits per heavy atom. The SMILES string of the molecule is N[C@H](C(=O)Nc1cncc(F)c1CC[C@@H]1CN[C@H](COC(=O)NCc2cccc(Cl)n2)CO1)C(c1ccc(F)cc1)c1ccc(F)cc1. The second kappa shape index (κ2) is 16.5. The normalized spacial score (nSPS) is 16.7. The molecule has 1 aliphatic heterocycles. The molecule has 2 aromatic heterocycles. The lowest BCUT2D eigenvalue weighted by Gasteiger charge is -2.30. The summed E-state index contributed by atoms with van der Waals surface area (Å²) in [5.41, 5.74) is 8.52. The third-order valence-corrected chi connectivity index (χ3v) is 8.08. The summed E-state index contributed by atoms with van der Waals surface area (Å²) >= 11 is 5.86. The van der Waals surface area contributed by atoms with E-state index >= 15 is 4.39 Å². The number of anilines is 1. The lowest BCUT2D eigenvalue weighted by Crippen LogP contribution is -2.49. The van der Waals surface area contributed by atoms with E-state index in [1.165, 1.54) is 54.7 Å². The summed E-state index contributed by atoms with van der Waals surface area (Å²) in [6.07, 6.45) is 2.15. The van der Waals surface area contributed by atoms with E-state index in [2.05, 4.69) is 25.9 Å². The third kappa shape index (κ3) is 9.50. The molecule has 0 aliphatic carbocycles. The minimum absolute atomic E-state index is 0.0772. The van der Waals surface area contributed by atoms with Crippen LogP contribution in [-0.4, -0.2) is 59.9 Å². The van der Waals surface area contributed by atoms with Gasteiger partial charge in [-0.1, -0.05) is 41.9 Å². The number of amides is 2. The van der Waals surface area contributed by atoms with Crippen molar-refractivity contribution < 1.29 is 32.2 Å². The Labute approximate surface area is 280 Å². The fourth-order valence-electron chi connectivity index (χ4n) is 5.34. The molecule has 14 heteroatoms. The Morgan fingerprint density at radius 2 is 1.71 bits per heavy atom. The van der Waals surface area contributed by atoms with Gasteiger partial charge >= 0.3 is 6.09 Å². The van der Waals surface area contributed by atoms with Gasteiger partial charge in [-0.15, -0.1) is 0 Å². The zero-order valence-electron chi connectivity index (χ0n) is 25.7. The predicted molar refractivity (Wildman–Crippen MR) is 173 cm³/mol. The van der Waals surface area contributed by atoms with E-state index in [1.807, 2.05) is 0 Å². The lowest BCUT2D eigenvalue weighted by atomic mass is 9.85. The van der Waals surface area contributed by atoms with Crippen LogP contribution in [0.2, 0.25) is 5.15 Å². The van der Waals surface area contributed by atoms with Crippen LogP contribution in [-0.2, 0) is 27.2 Å². The second-order valence-electron chi connectivity index (χ2n) is 11.2. The molecule has 2 aromatic carbocycles. The number of ether oxygens (including phenoxy) is 2. The molecular weight excluding hydrogens is 649 g/mol. The first-order chi connectivity index (χ1) is 23.2. The van der Waals surface area contributed by atoms with Crippen molar-refractivity contribution in [3.63, 3.8) is 0 Å². The average molecular weight is 683 g/mol. The topological polar surface area (TPSA) is 140 Å². The Bertz CT molecular complexity index is 1650. The molecule has 1 saturated heterocycles. The van der Waals surface area contributed by atoms with Gasteiger partial charge in [-0.25, -0.2) is 22.9 Å². The molecule has 10 nitrogen and oxygen atoms in total. The first kappa shape index (κ1) is 34.8. The monoisotopic (exact) mass is 682 g/mol. The van der Waals surface area contributed by atoms with E-state index in [9.17, 15) is 18.4 Å². The van der Waals surface area contributed by atoms with Crippen LogP contribution in [0.15, 0.2) is 79.1 Å². The van der Waals surface area contributed by atoms with Crippen molar-refractivity contribution in [3.8, 4) is 0 Å². The summed E-state index contributed by atoms with van der Waals surface area (Å²) in [5, 5.41) is 8.91. The van der Waals surface area contributed by atoms with Crippen LogP contribution in [0.25, 0.3) is 0 Å². The van der Waals surface area contributed by atoms with Gasteiger partial charge in [0.15, 0.2) is 0 Å². The second-order valence-corrected chi connectivity index (χ2v) is 11.6. The molecule has 5 N–H and O–H groups in total. The minimum atomic E-state index is -1.20. The zero-order valence-corrected chi connectivity index (χ0v) is 26.4. The summed E-state index contributed by atoms with van der Waals surface area (Å²) in [5.74, 6) is -2.91. The molecule has 3 atom stereocenters. The number of nitrogens with two attached hydrogens (primary N) is 1. The Hall–Kier alpha value is -4.56. The van der Waals surface area contributed by atoms with Crippen molar-refractivity contribution in [2.24, 2.45) is 5.73 Å². The van der Waals surface area contributed by atoms with E-state index in [-0.39, 0.29) is 49.6 Å². The molecule has 0 radical (unpaired) electrons. The largest absolute Gasteiger partial charge is 0.448 e. The molecule has 5 rings (SSSR count). The number of alkyl carbamates (subject to hydrolysis) is 1. The van der Waals surface area contributed by atoms with E-state index < -0.39 is 41.4 Å². The van der Waals surface area contributed by atoms with E-state index in [1.54, 1.807) is 18.2 Å². The molecular formula is C34H34ClF3N6O4. The van der Waals surface area contributed by atoms with Crippen LogP contribution in [0.5, 0.6) is 0 Å². The molecule has 1 aliphatic rings. The Kier molecular flexibility index (Phi) is 12.0. The fourth-order valence-corrected chi connectivity index (χ4v) is 5.52. The highest BCUT2D eigenvalue weighted by Gasteiger charge is 2.29. The van der Waals surface area contributed by atoms with Gasteiger partial charge in [0, 0.05) is 18.0 Å². The number of carbonyl (C=O) groups excluding carboxylic acids is 2. The molecule has 48 heavy (non-hydrogen) atoms. The highest BCUT2D eigenvalue weighted by Crippen LogP contribution is 2.29. The maximum Gasteiger partial charge on any atom is 0.407 e. The summed E-state index contributed by atoms with van der Waals surface area (Å²) in [4.78, 5) is 33.5. The first-order valence-electron chi connectivity index (χ1n) is 15.2. The average Bonchev–Trinajstić information content (AvgIpc) is 3.08. The highest BCUT2D eigenvalue weighted by molar-refractivity contribution is 6.29. The number of hydrogen-bond acceptors (Lipinski definition) is 8. The number of benzene rings is 2. The number of nitrogens with one attached hydrogen (secondary N) is 3. The van der Waals surface area contributed by atoms with Crippen LogP contribution in [0.4, 0.5) is 23.7 Å². The fraction of sp³-hybridized carbons (Fsp3) is 0.294. The number of hydrogen-bond donors (Lipinski definition) is 4. The summed E-state index contributed by atoms with van der Waals surface area (Å²) in [6, 6.07) is 14.7. The number of pyridine rings is 2. The molecule has 2 amide bonds. The number of carbonyl (C=O) groups is 2. The lowest BCUT2D eigenvalue weighted by molar-refractivity contribution is -0.117. The van der Waals surface area contributed by atoms with E-state index in [4.69, 9.17) is 26.8 Å². The molecule has 4 aromatic rings. The van der Waals surface area contributed by atoms with Crippen molar-refractivity contribution in [1.82, 2.24) is 20.6 Å². The molecule has 0 saturated carbocycles. The van der Waals surface area contributed by atoms with Gasteiger partial charge in [0.25, 0.3) is 0 Å². The number of rotatable bonds is 12. The van der Waals surface area contributed by atoms with Crippen LogP contribution < -0.4 is 21.7 Å². The number of nitrogens with zero attached hydrogens (tertiary/aromatic N) is 2. The highest BCUT2D eigenvalue weighted by atomic mass is 35.5. The summed E-state index contributed by atoms with van der Waals surface area (Å²) in [7, 11) is 0. The standard InChI is InChI=1S/C34H34ClF3N6O4/c35-30-3-1-2-24(43-30)14-42-34(46)48-19-25-18-47-26(15-41-25)12-13-27-28(38)16-40-17-29(27)44-33(45)32(39)31(20-4-8-22(36)9-5-20)21-6-10-23(37)11-7-21/h1-11,16-17,25-26,31-32,41H,12-15,18-19,39H2,(H,42,46)(H,44,45)/t25-,26+,32-/m0/s1. The maximum atomic E-state index is 15.0.